The number of hydrogen-bond acceptors (Lipinski definition) is 4. The first kappa shape index (κ1) is 21.1. The van der Waals surface area contributed by atoms with E-state index in [2.05, 4.69) is 17.1 Å². The largest absolute Gasteiger partial charge is 0.369 e. The number of amides is 1. The van der Waals surface area contributed by atoms with Crippen molar-refractivity contribution in [2.24, 2.45) is 10.7 Å². The average Bonchev–Trinajstić information content (AvgIpc) is 2.91. The Hall–Kier alpha value is -2.66. The molecule has 2 aromatic rings. The van der Waals surface area contributed by atoms with Crippen molar-refractivity contribution < 1.29 is 9.59 Å². The predicted molar refractivity (Wildman–Crippen MR) is 116 cm³/mol. The van der Waals surface area contributed by atoms with E-state index in [-0.39, 0.29) is 17.6 Å². The molecule has 2 aromatic carbocycles. The summed E-state index contributed by atoms with van der Waals surface area (Å²) in [6, 6.07) is 17.4. The minimum absolute atomic E-state index is 0.150. The molecule has 1 aliphatic rings. The van der Waals surface area contributed by atoms with Gasteiger partial charge in [0.05, 0.1) is 6.54 Å². The van der Waals surface area contributed by atoms with Crippen LogP contribution < -0.4 is 5.73 Å². The van der Waals surface area contributed by atoms with Crippen molar-refractivity contribution in [3.8, 4) is 0 Å². The van der Waals surface area contributed by atoms with Gasteiger partial charge in [0.1, 0.15) is 11.3 Å². The molecule has 152 valence electrons. The zero-order valence-electron chi connectivity index (χ0n) is 16.6. The van der Waals surface area contributed by atoms with Gasteiger partial charge in [0.15, 0.2) is 5.96 Å². The Balaban J connectivity index is 1.51. The second kappa shape index (κ2) is 9.23. The summed E-state index contributed by atoms with van der Waals surface area (Å²) in [6.45, 7) is 2.06. The first-order valence-corrected chi connectivity index (χ1v) is 10.2. The van der Waals surface area contributed by atoms with E-state index in [0.717, 1.165) is 18.4 Å². The van der Waals surface area contributed by atoms with Crippen molar-refractivity contribution >= 4 is 29.3 Å². The molecular weight excluding hydrogens is 386 g/mol. The summed E-state index contributed by atoms with van der Waals surface area (Å²) >= 11 is 6.02. The Kier molecular flexibility index (Phi) is 6.70. The number of hydrogen-bond donors (Lipinski definition) is 1. The summed E-state index contributed by atoms with van der Waals surface area (Å²) in [7, 11) is 0. The van der Waals surface area contributed by atoms with Crippen LogP contribution in [-0.4, -0.2) is 28.1 Å². The summed E-state index contributed by atoms with van der Waals surface area (Å²) < 4.78 is 0. The lowest BCUT2D eigenvalue weighted by atomic mass is 9.93. The van der Waals surface area contributed by atoms with Crippen LogP contribution in [0.25, 0.3) is 0 Å². The third kappa shape index (κ3) is 5.45. The molecule has 0 saturated carbocycles. The van der Waals surface area contributed by atoms with Crippen LogP contribution >= 0.6 is 11.6 Å². The molecule has 0 radical (unpaired) electrons. The van der Waals surface area contributed by atoms with E-state index in [1.165, 1.54) is 10.5 Å². The lowest BCUT2D eigenvalue weighted by molar-refractivity contribution is -0.131. The first-order chi connectivity index (χ1) is 13.9. The minimum atomic E-state index is -0.988. The van der Waals surface area contributed by atoms with E-state index in [0.29, 0.717) is 30.8 Å². The number of carbonyl (C=O) groups excluding carboxylic acids is 2. The topological polar surface area (TPSA) is 75.8 Å². The van der Waals surface area contributed by atoms with Gasteiger partial charge in [0.2, 0.25) is 0 Å². The van der Waals surface area contributed by atoms with Gasteiger partial charge in [0.25, 0.3) is 5.91 Å². The van der Waals surface area contributed by atoms with Gasteiger partial charge in [-0.25, -0.2) is 4.99 Å². The molecule has 1 atom stereocenters. The van der Waals surface area contributed by atoms with Crippen molar-refractivity contribution in [1.29, 1.82) is 0 Å². The minimum Gasteiger partial charge on any atom is -0.369 e. The predicted octanol–water partition coefficient (Wildman–Crippen LogP) is 4.13. The van der Waals surface area contributed by atoms with Gasteiger partial charge < -0.3 is 5.73 Å². The van der Waals surface area contributed by atoms with Crippen molar-refractivity contribution in [2.45, 2.75) is 51.1 Å². The maximum atomic E-state index is 12.9. The normalized spacial score (nSPS) is 18.8. The molecule has 2 N–H and O–H groups in total. The molecule has 1 unspecified atom stereocenters. The van der Waals surface area contributed by atoms with Gasteiger partial charge in [-0.3, -0.25) is 14.5 Å². The average molecular weight is 412 g/mol. The van der Waals surface area contributed by atoms with Crippen LogP contribution in [0.4, 0.5) is 0 Å². The number of guanidine groups is 1. The molecule has 1 aliphatic heterocycles. The number of aliphatic imine (C=N–C) groups is 1. The van der Waals surface area contributed by atoms with Crippen LogP contribution in [0.2, 0.25) is 5.02 Å². The lowest BCUT2D eigenvalue weighted by Gasteiger charge is -2.22. The molecule has 1 heterocycles. The maximum Gasteiger partial charge on any atom is 0.257 e. The fourth-order valence-corrected chi connectivity index (χ4v) is 3.74. The molecule has 0 aromatic heterocycles. The summed E-state index contributed by atoms with van der Waals surface area (Å²) in [5, 5.41) is 0.605. The highest BCUT2D eigenvalue weighted by atomic mass is 35.5. The standard InChI is InChI=1S/C23H26ClN3O2/c1-23(14-13-20(28)12-6-9-17-7-3-2-4-8-17)21(29)27(22(25)26-23)16-18-10-5-11-19(24)15-18/h2-5,7-8,10-11,15H,6,9,12-14,16H2,1H3,(H2,25,26). The molecule has 1 amide bonds. The van der Waals surface area contributed by atoms with Gasteiger partial charge in [0, 0.05) is 17.9 Å². The van der Waals surface area contributed by atoms with Gasteiger partial charge in [-0.1, -0.05) is 54.1 Å². The molecule has 0 spiro atoms. The van der Waals surface area contributed by atoms with Crippen LogP contribution in [0.3, 0.4) is 0 Å². The summed E-state index contributed by atoms with van der Waals surface area (Å²) in [6.07, 6.45) is 2.87. The maximum absolute atomic E-state index is 12.9. The second-order valence-electron chi connectivity index (χ2n) is 7.64. The summed E-state index contributed by atoms with van der Waals surface area (Å²) in [5.74, 6) is 0.165. The number of nitrogens with two attached hydrogens (primary N) is 1. The Morgan fingerprint density at radius 3 is 2.55 bits per heavy atom. The van der Waals surface area contributed by atoms with Gasteiger partial charge in [-0.2, -0.15) is 0 Å². The van der Waals surface area contributed by atoms with Gasteiger partial charge in [-0.05, 0) is 49.4 Å². The van der Waals surface area contributed by atoms with Crippen LogP contribution in [-0.2, 0) is 22.6 Å². The number of benzene rings is 2. The van der Waals surface area contributed by atoms with Crippen LogP contribution in [0.5, 0.6) is 0 Å². The molecule has 3 rings (SSSR count). The monoisotopic (exact) mass is 411 g/mol. The van der Waals surface area contributed by atoms with E-state index in [9.17, 15) is 9.59 Å². The third-order valence-corrected chi connectivity index (χ3v) is 5.46. The van der Waals surface area contributed by atoms with Gasteiger partial charge >= 0.3 is 0 Å². The highest BCUT2D eigenvalue weighted by Gasteiger charge is 2.43. The molecule has 0 saturated heterocycles. The zero-order chi connectivity index (χ0) is 20.9. The Morgan fingerprint density at radius 2 is 1.83 bits per heavy atom. The molecular formula is C23H26ClN3O2. The summed E-state index contributed by atoms with van der Waals surface area (Å²) in [5.41, 5.74) is 7.14. The van der Waals surface area contributed by atoms with Gasteiger partial charge in [-0.15, -0.1) is 0 Å². The third-order valence-electron chi connectivity index (χ3n) is 5.23. The number of carbonyl (C=O) groups is 2. The fraction of sp³-hybridized carbons (Fsp3) is 0.348. The number of nitrogens with zero attached hydrogens (tertiary/aromatic N) is 2. The van der Waals surface area contributed by atoms with E-state index in [1.807, 2.05) is 30.3 Å². The SMILES string of the molecule is CC1(CCC(=O)CCCc2ccccc2)N=C(N)N(Cc2cccc(Cl)c2)C1=O. The van der Waals surface area contributed by atoms with E-state index in [1.54, 1.807) is 19.1 Å². The first-order valence-electron chi connectivity index (χ1n) is 9.85. The molecule has 0 aliphatic carbocycles. The Labute approximate surface area is 176 Å². The van der Waals surface area contributed by atoms with Crippen LogP contribution in [0.1, 0.15) is 43.7 Å². The molecule has 5 nitrogen and oxygen atoms in total. The lowest BCUT2D eigenvalue weighted by Crippen LogP contribution is -2.42. The smallest absolute Gasteiger partial charge is 0.257 e. The number of ketones is 1. The number of halogens is 1. The van der Waals surface area contributed by atoms with Crippen LogP contribution in [0, 0.1) is 0 Å². The molecule has 0 bridgehead atoms. The number of rotatable bonds is 9. The van der Waals surface area contributed by atoms with Crippen LogP contribution in [0.15, 0.2) is 59.6 Å². The van der Waals surface area contributed by atoms with Crippen molar-refractivity contribution in [3.63, 3.8) is 0 Å². The zero-order valence-corrected chi connectivity index (χ0v) is 17.4. The second-order valence-corrected chi connectivity index (χ2v) is 8.08. The molecule has 6 heteroatoms. The quantitative estimate of drug-likeness (QED) is 0.674. The highest BCUT2D eigenvalue weighted by molar-refractivity contribution is 6.30. The Bertz CT molecular complexity index is 913. The number of aryl methyl sites for hydroxylation is 1. The molecule has 29 heavy (non-hydrogen) atoms. The van der Waals surface area contributed by atoms with E-state index >= 15 is 0 Å². The Morgan fingerprint density at radius 1 is 1.10 bits per heavy atom. The molecule has 0 fully saturated rings. The summed E-state index contributed by atoms with van der Waals surface area (Å²) in [4.78, 5) is 31.1. The highest BCUT2D eigenvalue weighted by Crippen LogP contribution is 2.28. The van der Waals surface area contributed by atoms with E-state index < -0.39 is 5.54 Å². The number of Topliss-reactive ketones (excluding diaryl/α,β-unsaturated/α-hetero) is 1. The fourth-order valence-electron chi connectivity index (χ4n) is 3.53. The van der Waals surface area contributed by atoms with E-state index in [4.69, 9.17) is 17.3 Å². The van der Waals surface area contributed by atoms with Crippen molar-refractivity contribution in [3.05, 3.63) is 70.7 Å². The van der Waals surface area contributed by atoms with Crippen molar-refractivity contribution in [1.82, 2.24) is 4.90 Å². The van der Waals surface area contributed by atoms with Crippen molar-refractivity contribution in [2.75, 3.05) is 0 Å².